The van der Waals surface area contributed by atoms with Crippen molar-refractivity contribution in [2.75, 3.05) is 25.5 Å². The zero-order valence-corrected chi connectivity index (χ0v) is 13.7. The van der Waals surface area contributed by atoms with Crippen molar-refractivity contribution < 1.29 is 4.42 Å². The van der Waals surface area contributed by atoms with Gasteiger partial charge in [-0.15, -0.1) is 5.10 Å². The molecule has 1 aliphatic heterocycles. The molecule has 1 unspecified atom stereocenters. The van der Waals surface area contributed by atoms with E-state index in [9.17, 15) is 0 Å². The number of nitrogens with one attached hydrogen (secondary N) is 2. The summed E-state index contributed by atoms with van der Waals surface area (Å²) in [7, 11) is 1.87. The molecule has 2 fully saturated rings. The van der Waals surface area contributed by atoms with Crippen molar-refractivity contribution >= 4 is 6.01 Å². The van der Waals surface area contributed by atoms with Crippen LogP contribution in [0.1, 0.15) is 57.3 Å². The van der Waals surface area contributed by atoms with Crippen LogP contribution in [0.2, 0.25) is 0 Å². The average Bonchev–Trinajstić information content (AvgIpc) is 3.20. The van der Waals surface area contributed by atoms with Crippen molar-refractivity contribution in [1.82, 2.24) is 20.4 Å². The van der Waals surface area contributed by atoms with Gasteiger partial charge in [-0.3, -0.25) is 4.90 Å². The van der Waals surface area contributed by atoms with Crippen LogP contribution in [0, 0.1) is 0 Å². The highest BCUT2D eigenvalue weighted by molar-refractivity contribution is 5.16. The number of hydrogen-bond acceptors (Lipinski definition) is 6. The molecule has 0 spiro atoms. The lowest BCUT2D eigenvalue weighted by Crippen LogP contribution is -2.45. The molecule has 2 aliphatic rings. The molecule has 3 rings (SSSR count). The average molecular weight is 307 g/mol. The van der Waals surface area contributed by atoms with Gasteiger partial charge in [0.05, 0.1) is 6.54 Å². The molecule has 0 radical (unpaired) electrons. The Balaban J connectivity index is 1.46. The second-order valence-corrected chi connectivity index (χ2v) is 6.57. The SMILES string of the molecule is CNCc1nnc(NCCC2CCCCN2C2CCCC2)o1. The lowest BCUT2D eigenvalue weighted by molar-refractivity contribution is 0.0932. The van der Waals surface area contributed by atoms with Gasteiger partial charge in [0, 0.05) is 18.6 Å². The normalized spacial score (nSPS) is 24.0. The van der Waals surface area contributed by atoms with Gasteiger partial charge < -0.3 is 15.1 Å². The second kappa shape index (κ2) is 7.92. The van der Waals surface area contributed by atoms with E-state index >= 15 is 0 Å². The highest BCUT2D eigenvalue weighted by Crippen LogP contribution is 2.30. The molecule has 0 bridgehead atoms. The van der Waals surface area contributed by atoms with Crippen molar-refractivity contribution in [2.24, 2.45) is 0 Å². The van der Waals surface area contributed by atoms with Crippen LogP contribution in [0.5, 0.6) is 0 Å². The summed E-state index contributed by atoms with van der Waals surface area (Å²) in [6.45, 7) is 2.82. The fraction of sp³-hybridized carbons (Fsp3) is 0.875. The van der Waals surface area contributed by atoms with Gasteiger partial charge in [-0.1, -0.05) is 24.4 Å². The summed E-state index contributed by atoms with van der Waals surface area (Å²) >= 11 is 0. The van der Waals surface area contributed by atoms with E-state index in [4.69, 9.17) is 4.42 Å². The van der Waals surface area contributed by atoms with E-state index in [2.05, 4.69) is 25.7 Å². The van der Waals surface area contributed by atoms with Crippen molar-refractivity contribution in [3.05, 3.63) is 5.89 Å². The first-order valence-corrected chi connectivity index (χ1v) is 8.83. The topological polar surface area (TPSA) is 66.2 Å². The van der Waals surface area contributed by atoms with E-state index in [-0.39, 0.29) is 0 Å². The molecule has 2 heterocycles. The monoisotopic (exact) mass is 307 g/mol. The maximum Gasteiger partial charge on any atom is 0.315 e. The van der Waals surface area contributed by atoms with Gasteiger partial charge in [-0.05, 0) is 45.7 Å². The first-order valence-electron chi connectivity index (χ1n) is 8.83. The van der Waals surface area contributed by atoms with E-state index in [1.54, 1.807) is 0 Å². The smallest absolute Gasteiger partial charge is 0.315 e. The molecule has 6 heteroatoms. The van der Waals surface area contributed by atoms with Gasteiger partial charge >= 0.3 is 6.01 Å². The highest BCUT2D eigenvalue weighted by atomic mass is 16.4. The highest BCUT2D eigenvalue weighted by Gasteiger charge is 2.30. The Morgan fingerprint density at radius 3 is 2.77 bits per heavy atom. The molecule has 1 aliphatic carbocycles. The maximum atomic E-state index is 5.53. The van der Waals surface area contributed by atoms with Crippen LogP contribution in [0.15, 0.2) is 4.42 Å². The minimum Gasteiger partial charge on any atom is -0.407 e. The maximum absolute atomic E-state index is 5.53. The Hall–Kier alpha value is -1.14. The molecule has 0 aromatic carbocycles. The predicted molar refractivity (Wildman–Crippen MR) is 86.8 cm³/mol. The zero-order valence-electron chi connectivity index (χ0n) is 13.7. The van der Waals surface area contributed by atoms with Gasteiger partial charge in [0.25, 0.3) is 0 Å². The summed E-state index contributed by atoms with van der Waals surface area (Å²) in [5, 5.41) is 14.3. The number of likely N-dealkylation sites (tertiary alicyclic amines) is 1. The minimum atomic E-state index is 0.550. The molecular formula is C16H29N5O. The van der Waals surface area contributed by atoms with E-state index in [0.29, 0.717) is 18.5 Å². The largest absolute Gasteiger partial charge is 0.407 e. The van der Waals surface area contributed by atoms with Gasteiger partial charge in [0.1, 0.15) is 0 Å². The lowest BCUT2D eigenvalue weighted by atomic mass is 9.96. The van der Waals surface area contributed by atoms with Crippen molar-refractivity contribution in [1.29, 1.82) is 0 Å². The van der Waals surface area contributed by atoms with Gasteiger partial charge in [-0.2, -0.15) is 0 Å². The fourth-order valence-corrected chi connectivity index (χ4v) is 3.94. The number of nitrogens with zero attached hydrogens (tertiary/aromatic N) is 3. The molecule has 2 N–H and O–H groups in total. The first-order chi connectivity index (χ1) is 10.9. The summed E-state index contributed by atoms with van der Waals surface area (Å²) in [6.07, 6.45) is 10.9. The van der Waals surface area contributed by atoms with E-state index in [0.717, 1.165) is 18.6 Å². The molecule has 124 valence electrons. The molecule has 1 aromatic rings. The Kier molecular flexibility index (Phi) is 5.67. The second-order valence-electron chi connectivity index (χ2n) is 6.57. The predicted octanol–water partition coefficient (Wildman–Crippen LogP) is 2.39. The van der Waals surface area contributed by atoms with Gasteiger partial charge in [0.2, 0.25) is 5.89 Å². The lowest BCUT2D eigenvalue weighted by Gasteiger charge is -2.40. The summed E-state index contributed by atoms with van der Waals surface area (Å²) < 4.78 is 5.53. The number of aromatic nitrogens is 2. The summed E-state index contributed by atoms with van der Waals surface area (Å²) in [5.74, 6) is 0.634. The van der Waals surface area contributed by atoms with Crippen LogP contribution >= 0.6 is 0 Å². The fourth-order valence-electron chi connectivity index (χ4n) is 3.94. The Morgan fingerprint density at radius 1 is 1.14 bits per heavy atom. The van der Waals surface area contributed by atoms with Crippen LogP contribution in [-0.4, -0.2) is 47.3 Å². The molecule has 1 atom stereocenters. The number of rotatable bonds is 7. The van der Waals surface area contributed by atoms with Crippen molar-refractivity contribution in [3.63, 3.8) is 0 Å². The van der Waals surface area contributed by atoms with Crippen molar-refractivity contribution in [2.45, 2.75) is 70.0 Å². The molecular weight excluding hydrogens is 278 g/mol. The number of hydrogen-bond donors (Lipinski definition) is 2. The molecule has 0 amide bonds. The molecule has 1 saturated heterocycles. The molecule has 22 heavy (non-hydrogen) atoms. The molecule has 1 saturated carbocycles. The van der Waals surface area contributed by atoms with E-state index in [1.807, 2.05) is 7.05 Å². The molecule has 1 aromatic heterocycles. The van der Waals surface area contributed by atoms with E-state index < -0.39 is 0 Å². The third kappa shape index (κ3) is 3.98. The summed E-state index contributed by atoms with van der Waals surface area (Å²) in [6, 6.07) is 2.12. The number of anilines is 1. The van der Waals surface area contributed by atoms with Crippen LogP contribution in [-0.2, 0) is 6.54 Å². The van der Waals surface area contributed by atoms with E-state index in [1.165, 1.54) is 57.9 Å². The molecule has 6 nitrogen and oxygen atoms in total. The van der Waals surface area contributed by atoms with Crippen LogP contribution in [0.4, 0.5) is 6.01 Å². The van der Waals surface area contributed by atoms with Crippen LogP contribution < -0.4 is 10.6 Å². The Bertz CT molecular complexity index is 443. The summed E-state index contributed by atoms with van der Waals surface area (Å²) in [5.41, 5.74) is 0. The first kappa shape index (κ1) is 15.7. The van der Waals surface area contributed by atoms with Gasteiger partial charge in [0.15, 0.2) is 0 Å². The third-order valence-corrected chi connectivity index (χ3v) is 5.02. The Morgan fingerprint density at radius 2 is 1.95 bits per heavy atom. The third-order valence-electron chi connectivity index (χ3n) is 5.02. The van der Waals surface area contributed by atoms with Crippen molar-refractivity contribution in [3.8, 4) is 0 Å². The van der Waals surface area contributed by atoms with Crippen LogP contribution in [0.3, 0.4) is 0 Å². The summed E-state index contributed by atoms with van der Waals surface area (Å²) in [4.78, 5) is 2.79. The van der Waals surface area contributed by atoms with Crippen LogP contribution in [0.25, 0.3) is 0 Å². The zero-order chi connectivity index (χ0) is 15.2. The Labute approximate surface area is 133 Å². The van der Waals surface area contributed by atoms with Gasteiger partial charge in [-0.25, -0.2) is 0 Å². The minimum absolute atomic E-state index is 0.550. The number of piperidine rings is 1. The quantitative estimate of drug-likeness (QED) is 0.806. The standard InChI is InChI=1S/C16H29N5O/c1-17-12-15-19-20-16(22-15)18-10-9-14-8-4-5-11-21(14)13-6-2-3-7-13/h13-14,17H,2-12H2,1H3,(H,18,20).